The minimum atomic E-state index is -0.815. The maximum atomic E-state index is 12.1. The molecule has 0 unspecified atom stereocenters. The van der Waals surface area contributed by atoms with E-state index >= 15 is 0 Å². The van der Waals surface area contributed by atoms with Crippen LogP contribution in [0.5, 0.6) is 0 Å². The lowest BCUT2D eigenvalue weighted by molar-refractivity contribution is -0.137. The number of amides is 1. The summed E-state index contributed by atoms with van der Waals surface area (Å²) < 4.78 is 0. The van der Waals surface area contributed by atoms with Gasteiger partial charge < -0.3 is 20.6 Å². The van der Waals surface area contributed by atoms with Gasteiger partial charge in [0.25, 0.3) is 5.91 Å². The van der Waals surface area contributed by atoms with Gasteiger partial charge in [-0.15, -0.1) is 0 Å². The van der Waals surface area contributed by atoms with Gasteiger partial charge in [-0.2, -0.15) is 5.26 Å². The fourth-order valence-electron chi connectivity index (χ4n) is 2.77. The molecule has 152 valence electrons. The van der Waals surface area contributed by atoms with Gasteiger partial charge in [0.05, 0.1) is 0 Å². The second kappa shape index (κ2) is 12.4. The third-order valence-corrected chi connectivity index (χ3v) is 4.43. The highest BCUT2D eigenvalue weighted by Gasteiger charge is 2.09. The molecular formula is C21H30N4O3. The number of aryl methyl sites for hydroxylation is 1. The van der Waals surface area contributed by atoms with Crippen LogP contribution in [-0.2, 0) is 9.59 Å². The van der Waals surface area contributed by atoms with Crippen LogP contribution < -0.4 is 15.5 Å². The number of anilines is 2. The molecule has 0 aliphatic rings. The molecule has 1 aromatic carbocycles. The number of hydrogen-bond donors (Lipinski definition) is 3. The van der Waals surface area contributed by atoms with Crippen LogP contribution in [0.15, 0.2) is 30.0 Å². The number of carbonyl (C=O) groups is 2. The van der Waals surface area contributed by atoms with Crippen molar-refractivity contribution in [2.45, 2.75) is 46.5 Å². The Hall–Kier alpha value is -3.01. The number of unbranched alkanes of at least 4 members (excludes halogenated alkanes) is 2. The van der Waals surface area contributed by atoms with Gasteiger partial charge in [0.2, 0.25) is 0 Å². The first kappa shape index (κ1) is 23.0. The Balaban J connectivity index is 2.59. The molecule has 0 aliphatic carbocycles. The summed E-state index contributed by atoms with van der Waals surface area (Å²) in [5.74, 6) is -1.25. The highest BCUT2D eigenvalue weighted by molar-refractivity contribution is 5.97. The fourth-order valence-corrected chi connectivity index (χ4v) is 2.77. The van der Waals surface area contributed by atoms with Crippen molar-refractivity contribution < 1.29 is 14.7 Å². The zero-order valence-electron chi connectivity index (χ0n) is 16.9. The van der Waals surface area contributed by atoms with Crippen LogP contribution >= 0.6 is 0 Å². The summed E-state index contributed by atoms with van der Waals surface area (Å²) in [6.45, 7) is 8.46. The number of carboxylic acid groups (broad SMARTS) is 1. The molecule has 0 atom stereocenters. The molecule has 7 nitrogen and oxygen atoms in total. The number of benzene rings is 1. The summed E-state index contributed by atoms with van der Waals surface area (Å²) in [6.07, 6.45) is 3.52. The van der Waals surface area contributed by atoms with Gasteiger partial charge in [-0.1, -0.05) is 6.42 Å². The number of rotatable bonds is 12. The summed E-state index contributed by atoms with van der Waals surface area (Å²) in [5, 5.41) is 23.5. The zero-order chi connectivity index (χ0) is 20.9. The molecule has 3 N–H and O–H groups in total. The summed E-state index contributed by atoms with van der Waals surface area (Å²) >= 11 is 0. The molecule has 0 spiro atoms. The zero-order valence-corrected chi connectivity index (χ0v) is 16.9. The van der Waals surface area contributed by atoms with Crippen molar-refractivity contribution in [1.29, 1.82) is 5.26 Å². The molecule has 0 saturated carbocycles. The van der Waals surface area contributed by atoms with Crippen LogP contribution in [0.1, 0.15) is 45.1 Å². The molecule has 28 heavy (non-hydrogen) atoms. The van der Waals surface area contributed by atoms with Crippen LogP contribution in [0.2, 0.25) is 0 Å². The molecule has 0 aromatic heterocycles. The van der Waals surface area contributed by atoms with Crippen molar-refractivity contribution in [3.8, 4) is 6.07 Å². The quantitative estimate of drug-likeness (QED) is 0.289. The molecule has 0 bridgehead atoms. The van der Waals surface area contributed by atoms with Gasteiger partial charge in [0.1, 0.15) is 11.6 Å². The van der Waals surface area contributed by atoms with Gasteiger partial charge in [-0.05, 0) is 57.4 Å². The minimum absolute atomic E-state index is 0.00208. The lowest BCUT2D eigenvalue weighted by Gasteiger charge is -2.22. The molecule has 0 aliphatic heterocycles. The normalized spacial score (nSPS) is 10.9. The third-order valence-electron chi connectivity index (χ3n) is 4.43. The SMILES string of the molecule is CCN(CC)c1ccc(N/C=C(/C#N)C(=O)NCCCCCC(=O)O)c(C)c1. The predicted octanol–water partition coefficient (Wildman–Crippen LogP) is 3.42. The summed E-state index contributed by atoms with van der Waals surface area (Å²) in [6, 6.07) is 7.94. The van der Waals surface area contributed by atoms with Crippen LogP contribution in [0.4, 0.5) is 11.4 Å². The van der Waals surface area contributed by atoms with Crippen LogP contribution in [0.3, 0.4) is 0 Å². The van der Waals surface area contributed by atoms with Crippen LogP contribution in [-0.4, -0.2) is 36.6 Å². The Kier molecular flexibility index (Phi) is 10.2. The van der Waals surface area contributed by atoms with E-state index in [0.29, 0.717) is 25.8 Å². The Morgan fingerprint density at radius 3 is 2.50 bits per heavy atom. The molecule has 0 saturated heterocycles. The summed E-state index contributed by atoms with van der Waals surface area (Å²) in [7, 11) is 0. The number of nitrogens with one attached hydrogen (secondary N) is 2. The van der Waals surface area contributed by atoms with E-state index in [1.54, 1.807) is 0 Å². The van der Waals surface area contributed by atoms with Crippen molar-refractivity contribution in [1.82, 2.24) is 5.32 Å². The van der Waals surface area contributed by atoms with Gasteiger partial charge in [-0.25, -0.2) is 0 Å². The van der Waals surface area contributed by atoms with E-state index in [4.69, 9.17) is 5.11 Å². The van der Waals surface area contributed by atoms with Gasteiger partial charge in [0.15, 0.2) is 0 Å². The Labute approximate surface area is 167 Å². The van der Waals surface area contributed by atoms with Crippen molar-refractivity contribution in [2.75, 3.05) is 29.9 Å². The van der Waals surface area contributed by atoms with E-state index in [2.05, 4.69) is 35.4 Å². The first-order valence-electron chi connectivity index (χ1n) is 9.65. The van der Waals surface area contributed by atoms with E-state index in [-0.39, 0.29) is 12.0 Å². The number of aliphatic carboxylic acids is 1. The largest absolute Gasteiger partial charge is 0.481 e. The van der Waals surface area contributed by atoms with Crippen LogP contribution in [0.25, 0.3) is 0 Å². The number of nitrogens with zero attached hydrogens (tertiary/aromatic N) is 2. The Morgan fingerprint density at radius 1 is 1.21 bits per heavy atom. The second-order valence-electron chi connectivity index (χ2n) is 6.45. The highest BCUT2D eigenvalue weighted by atomic mass is 16.4. The lowest BCUT2D eigenvalue weighted by Crippen LogP contribution is -2.26. The van der Waals surface area contributed by atoms with Gasteiger partial charge >= 0.3 is 5.97 Å². The fraction of sp³-hybridized carbons (Fsp3) is 0.476. The highest BCUT2D eigenvalue weighted by Crippen LogP contribution is 2.22. The number of carbonyl (C=O) groups excluding carboxylic acids is 1. The van der Waals surface area contributed by atoms with Crippen molar-refractivity contribution in [3.63, 3.8) is 0 Å². The summed E-state index contributed by atoms with van der Waals surface area (Å²) in [5.41, 5.74) is 3.00. The molecule has 0 heterocycles. The molecule has 7 heteroatoms. The lowest BCUT2D eigenvalue weighted by atomic mass is 10.1. The van der Waals surface area contributed by atoms with Gasteiger partial charge in [0, 0.05) is 43.6 Å². The average Bonchev–Trinajstić information content (AvgIpc) is 2.67. The first-order chi connectivity index (χ1) is 13.4. The Bertz CT molecular complexity index is 734. The number of carboxylic acids is 1. The average molecular weight is 386 g/mol. The van der Waals surface area contributed by atoms with Crippen molar-refractivity contribution in [3.05, 3.63) is 35.5 Å². The monoisotopic (exact) mass is 386 g/mol. The van der Waals surface area contributed by atoms with E-state index < -0.39 is 11.9 Å². The van der Waals surface area contributed by atoms with E-state index in [1.807, 2.05) is 25.1 Å². The van der Waals surface area contributed by atoms with E-state index in [0.717, 1.165) is 30.0 Å². The second-order valence-corrected chi connectivity index (χ2v) is 6.45. The number of hydrogen-bond acceptors (Lipinski definition) is 5. The molecule has 0 radical (unpaired) electrons. The van der Waals surface area contributed by atoms with Crippen molar-refractivity contribution >= 4 is 23.3 Å². The van der Waals surface area contributed by atoms with Crippen LogP contribution in [0, 0.1) is 18.3 Å². The third kappa shape index (κ3) is 7.70. The minimum Gasteiger partial charge on any atom is -0.481 e. The predicted molar refractivity (Wildman–Crippen MR) is 111 cm³/mol. The van der Waals surface area contributed by atoms with E-state index in [9.17, 15) is 14.9 Å². The van der Waals surface area contributed by atoms with Gasteiger partial charge in [-0.3, -0.25) is 9.59 Å². The Morgan fingerprint density at radius 2 is 1.93 bits per heavy atom. The maximum Gasteiger partial charge on any atom is 0.303 e. The number of nitriles is 1. The summed E-state index contributed by atoms with van der Waals surface area (Å²) in [4.78, 5) is 24.8. The molecule has 1 aromatic rings. The standard InChI is InChI=1S/C21H30N4O3/c1-4-25(5-2)18-10-11-19(16(3)13-18)24-15-17(14-22)21(28)23-12-8-6-7-9-20(26)27/h10-11,13,15,24H,4-9,12H2,1-3H3,(H,23,28)(H,26,27)/b17-15-. The molecule has 1 amide bonds. The van der Waals surface area contributed by atoms with E-state index in [1.165, 1.54) is 6.20 Å². The maximum absolute atomic E-state index is 12.1. The molecular weight excluding hydrogens is 356 g/mol. The molecule has 0 fully saturated rings. The smallest absolute Gasteiger partial charge is 0.303 e. The first-order valence-corrected chi connectivity index (χ1v) is 9.65. The van der Waals surface area contributed by atoms with Crippen molar-refractivity contribution in [2.24, 2.45) is 0 Å². The molecule has 1 rings (SSSR count). The topological polar surface area (TPSA) is 105 Å².